The summed E-state index contributed by atoms with van der Waals surface area (Å²) in [7, 11) is 0. The Labute approximate surface area is 48.0 Å². The predicted octanol–water partition coefficient (Wildman–Crippen LogP) is -0.133. The van der Waals surface area contributed by atoms with Gasteiger partial charge in [-0.25, -0.2) is 0 Å². The molecule has 1 heterocycles. The molecule has 0 unspecified atom stereocenters. The molecule has 1 aliphatic rings. The first-order valence-electron chi connectivity index (χ1n) is 2.73. The highest BCUT2D eigenvalue weighted by Crippen LogP contribution is 2.13. The van der Waals surface area contributed by atoms with Gasteiger partial charge in [-0.15, -0.1) is 0 Å². The smallest absolute Gasteiger partial charge is 0.294 e. The van der Waals surface area contributed by atoms with Crippen LogP contribution in [0.2, 0.25) is 0 Å². The summed E-state index contributed by atoms with van der Waals surface area (Å²) < 4.78 is 4.56. The van der Waals surface area contributed by atoms with Gasteiger partial charge in [-0.1, -0.05) is 6.92 Å². The van der Waals surface area contributed by atoms with Crippen LogP contribution >= 0.6 is 0 Å². The molecule has 3 heteroatoms. The Kier molecular flexibility index (Phi) is 1.48. The largest absolute Gasteiger partial charge is 0.447 e. The number of carbonyl (C=O) groups excluding carboxylic acids is 1. The molecule has 0 spiro atoms. The Morgan fingerprint density at radius 2 is 2.62 bits per heavy atom. The minimum absolute atomic E-state index is 0.0116. The molecule has 0 bridgehead atoms. The van der Waals surface area contributed by atoms with Crippen molar-refractivity contribution in [3.63, 3.8) is 0 Å². The molecule has 0 aromatic carbocycles. The first-order valence-corrected chi connectivity index (χ1v) is 2.73. The Balaban J connectivity index is 2.07. The highest BCUT2D eigenvalue weighted by molar-refractivity contribution is 5.38. The standard InChI is InChI=1S/C5H9NO2/c1-2-4-5(6-4)8-3-7/h3-6H,2H2,1H3/t4-,5-/m0/s1. The van der Waals surface area contributed by atoms with Crippen LogP contribution in [-0.2, 0) is 9.53 Å². The van der Waals surface area contributed by atoms with E-state index in [0.29, 0.717) is 12.5 Å². The third kappa shape index (κ3) is 0.980. The van der Waals surface area contributed by atoms with Crippen molar-refractivity contribution in [2.45, 2.75) is 25.6 Å². The second-order valence-corrected chi connectivity index (χ2v) is 1.83. The minimum atomic E-state index is 0.0116. The van der Waals surface area contributed by atoms with Crippen LogP contribution in [0.25, 0.3) is 0 Å². The fourth-order valence-corrected chi connectivity index (χ4v) is 0.681. The van der Waals surface area contributed by atoms with Crippen molar-refractivity contribution in [3.8, 4) is 0 Å². The van der Waals surface area contributed by atoms with Gasteiger partial charge in [0.1, 0.15) is 0 Å². The van der Waals surface area contributed by atoms with Crippen LogP contribution in [0.4, 0.5) is 0 Å². The van der Waals surface area contributed by atoms with Crippen molar-refractivity contribution in [1.82, 2.24) is 5.32 Å². The quantitative estimate of drug-likeness (QED) is 0.411. The van der Waals surface area contributed by atoms with Crippen molar-refractivity contribution in [1.29, 1.82) is 0 Å². The Hall–Kier alpha value is -0.570. The molecule has 3 nitrogen and oxygen atoms in total. The van der Waals surface area contributed by atoms with Crippen LogP contribution < -0.4 is 5.32 Å². The van der Waals surface area contributed by atoms with Crippen LogP contribution in [-0.4, -0.2) is 18.7 Å². The number of ether oxygens (including phenoxy) is 1. The molecule has 0 radical (unpaired) electrons. The van der Waals surface area contributed by atoms with Crippen LogP contribution in [0, 0.1) is 0 Å². The third-order valence-electron chi connectivity index (χ3n) is 1.28. The minimum Gasteiger partial charge on any atom is -0.447 e. The summed E-state index contributed by atoms with van der Waals surface area (Å²) >= 11 is 0. The normalized spacial score (nSPS) is 34.1. The molecule has 1 N–H and O–H groups in total. The van der Waals surface area contributed by atoms with Gasteiger partial charge < -0.3 is 4.74 Å². The van der Waals surface area contributed by atoms with E-state index >= 15 is 0 Å². The maximum Gasteiger partial charge on any atom is 0.294 e. The van der Waals surface area contributed by atoms with Crippen LogP contribution in [0.5, 0.6) is 0 Å². The van der Waals surface area contributed by atoms with Crippen molar-refractivity contribution < 1.29 is 9.53 Å². The fourth-order valence-electron chi connectivity index (χ4n) is 0.681. The lowest BCUT2D eigenvalue weighted by atomic mass is 10.4. The van der Waals surface area contributed by atoms with Crippen LogP contribution in [0.1, 0.15) is 13.3 Å². The lowest BCUT2D eigenvalue weighted by Crippen LogP contribution is -1.96. The van der Waals surface area contributed by atoms with E-state index in [4.69, 9.17) is 0 Å². The summed E-state index contributed by atoms with van der Waals surface area (Å²) in [4.78, 5) is 9.65. The molecule has 0 aliphatic carbocycles. The lowest BCUT2D eigenvalue weighted by Gasteiger charge is -1.87. The molecular formula is C5H9NO2. The third-order valence-corrected chi connectivity index (χ3v) is 1.28. The van der Waals surface area contributed by atoms with E-state index in [1.54, 1.807) is 0 Å². The van der Waals surface area contributed by atoms with Gasteiger partial charge in [-0.2, -0.15) is 0 Å². The van der Waals surface area contributed by atoms with E-state index in [2.05, 4.69) is 10.1 Å². The number of carbonyl (C=O) groups is 1. The van der Waals surface area contributed by atoms with E-state index in [9.17, 15) is 4.79 Å². The Bertz CT molecular complexity index is 94.4. The highest BCUT2D eigenvalue weighted by atomic mass is 16.6. The van der Waals surface area contributed by atoms with Gasteiger partial charge in [-0.3, -0.25) is 10.1 Å². The van der Waals surface area contributed by atoms with E-state index in [1.165, 1.54) is 0 Å². The predicted molar refractivity (Wildman–Crippen MR) is 28.2 cm³/mol. The van der Waals surface area contributed by atoms with Crippen LogP contribution in [0.15, 0.2) is 0 Å². The van der Waals surface area contributed by atoms with Crippen molar-refractivity contribution in [2.75, 3.05) is 0 Å². The molecule has 8 heavy (non-hydrogen) atoms. The van der Waals surface area contributed by atoms with E-state index in [-0.39, 0.29) is 6.23 Å². The van der Waals surface area contributed by atoms with Gasteiger partial charge in [0.25, 0.3) is 6.47 Å². The van der Waals surface area contributed by atoms with Gasteiger partial charge in [0.05, 0.1) is 6.04 Å². The Morgan fingerprint density at radius 3 is 3.00 bits per heavy atom. The molecule has 1 aliphatic heterocycles. The number of hydrogen-bond acceptors (Lipinski definition) is 3. The summed E-state index contributed by atoms with van der Waals surface area (Å²) in [6, 6.07) is 0.417. The fraction of sp³-hybridized carbons (Fsp3) is 0.800. The summed E-state index contributed by atoms with van der Waals surface area (Å²) in [6.45, 7) is 2.53. The topological polar surface area (TPSA) is 48.2 Å². The summed E-state index contributed by atoms with van der Waals surface area (Å²) in [5.41, 5.74) is 0. The Morgan fingerprint density at radius 1 is 1.88 bits per heavy atom. The first-order chi connectivity index (χ1) is 3.88. The molecule has 2 atom stereocenters. The summed E-state index contributed by atoms with van der Waals surface area (Å²) in [5.74, 6) is 0. The van der Waals surface area contributed by atoms with Crippen molar-refractivity contribution >= 4 is 6.47 Å². The monoisotopic (exact) mass is 115 g/mol. The lowest BCUT2D eigenvalue weighted by molar-refractivity contribution is -0.130. The summed E-state index contributed by atoms with van der Waals surface area (Å²) in [5, 5.41) is 2.97. The number of hydrogen-bond donors (Lipinski definition) is 1. The molecule has 0 aromatic heterocycles. The second-order valence-electron chi connectivity index (χ2n) is 1.83. The zero-order chi connectivity index (χ0) is 5.98. The summed E-state index contributed by atoms with van der Waals surface area (Å²) in [6.07, 6.45) is 1.04. The molecular weight excluding hydrogens is 106 g/mol. The van der Waals surface area contributed by atoms with Gasteiger partial charge in [0.15, 0.2) is 6.23 Å². The maximum absolute atomic E-state index is 9.65. The zero-order valence-electron chi connectivity index (χ0n) is 4.76. The molecule has 0 amide bonds. The zero-order valence-corrected chi connectivity index (χ0v) is 4.76. The molecule has 0 aromatic rings. The molecule has 1 fully saturated rings. The molecule has 1 saturated heterocycles. The van der Waals surface area contributed by atoms with Crippen molar-refractivity contribution in [3.05, 3.63) is 0 Å². The second kappa shape index (κ2) is 2.13. The van der Waals surface area contributed by atoms with Gasteiger partial charge >= 0.3 is 0 Å². The maximum atomic E-state index is 9.65. The van der Waals surface area contributed by atoms with Gasteiger partial charge in [0, 0.05) is 0 Å². The highest BCUT2D eigenvalue weighted by Gasteiger charge is 2.35. The van der Waals surface area contributed by atoms with Gasteiger partial charge in [-0.05, 0) is 6.42 Å². The molecule has 1 rings (SSSR count). The number of nitrogens with one attached hydrogen (secondary N) is 1. The SMILES string of the molecule is CC[C@@H]1N[C@H]1OC=O. The van der Waals surface area contributed by atoms with Crippen molar-refractivity contribution in [2.24, 2.45) is 0 Å². The first kappa shape index (κ1) is 5.56. The molecule has 0 saturated carbocycles. The average Bonchev–Trinajstić information content (AvgIpc) is 2.48. The average molecular weight is 115 g/mol. The number of rotatable bonds is 3. The van der Waals surface area contributed by atoms with E-state index < -0.39 is 0 Å². The van der Waals surface area contributed by atoms with Crippen LogP contribution in [0.3, 0.4) is 0 Å². The van der Waals surface area contributed by atoms with Gasteiger partial charge in [0.2, 0.25) is 0 Å². The van der Waals surface area contributed by atoms with E-state index in [0.717, 1.165) is 6.42 Å². The molecule has 46 valence electrons. The van der Waals surface area contributed by atoms with E-state index in [1.807, 2.05) is 6.92 Å².